The van der Waals surface area contributed by atoms with E-state index in [1.165, 1.54) is 4.68 Å². The molecule has 2 N–H and O–H groups in total. The van der Waals surface area contributed by atoms with E-state index < -0.39 is 11.5 Å². The molecule has 5 nitrogen and oxygen atoms in total. The summed E-state index contributed by atoms with van der Waals surface area (Å²) in [5.41, 5.74) is -0.101. The molecule has 72 valence electrons. The maximum absolute atomic E-state index is 11.4. The number of hydrogen-bond donors (Lipinski definition) is 2. The molecule has 0 bridgehead atoms. The molecular formula is C8H12N2O3. The van der Waals surface area contributed by atoms with Crippen molar-refractivity contribution in [3.63, 3.8) is 0 Å². The molecular weight excluding hydrogens is 172 g/mol. The maximum Gasteiger partial charge on any atom is 0.343 e. The van der Waals surface area contributed by atoms with E-state index in [4.69, 9.17) is 5.11 Å². The molecule has 0 aromatic carbocycles. The second kappa shape index (κ2) is 3.47. The Labute approximate surface area is 75.0 Å². The summed E-state index contributed by atoms with van der Waals surface area (Å²) < 4.78 is 1.29. The van der Waals surface area contributed by atoms with Gasteiger partial charge in [0.1, 0.15) is 5.56 Å². The largest absolute Gasteiger partial charge is 0.477 e. The van der Waals surface area contributed by atoms with Gasteiger partial charge in [-0.1, -0.05) is 6.92 Å². The molecule has 13 heavy (non-hydrogen) atoms. The number of nitrogens with zero attached hydrogens (tertiary/aromatic N) is 1. The summed E-state index contributed by atoms with van der Waals surface area (Å²) in [5, 5.41) is 11.5. The van der Waals surface area contributed by atoms with Crippen molar-refractivity contribution in [1.29, 1.82) is 0 Å². The molecule has 0 spiro atoms. The Morgan fingerprint density at radius 2 is 2.15 bits per heavy atom. The summed E-state index contributed by atoms with van der Waals surface area (Å²) in [6, 6.07) is 0. The normalized spacial score (nSPS) is 10.3. The Balaban J connectivity index is 3.38. The fraction of sp³-hybridized carbons (Fsp3) is 0.500. The fourth-order valence-corrected chi connectivity index (χ4v) is 1.23. The first-order valence-corrected chi connectivity index (χ1v) is 4.16. The smallest absolute Gasteiger partial charge is 0.343 e. The van der Waals surface area contributed by atoms with E-state index in [0.717, 1.165) is 0 Å². The molecule has 0 amide bonds. The van der Waals surface area contributed by atoms with E-state index in [9.17, 15) is 9.59 Å². The van der Waals surface area contributed by atoms with Crippen LogP contribution in [0.2, 0.25) is 0 Å². The molecule has 0 unspecified atom stereocenters. The maximum atomic E-state index is 11.4. The predicted molar refractivity (Wildman–Crippen MR) is 47.1 cm³/mol. The van der Waals surface area contributed by atoms with Crippen molar-refractivity contribution in [1.82, 2.24) is 9.78 Å². The number of aromatic carboxylic acids is 1. The Kier molecular flexibility index (Phi) is 2.55. The first kappa shape index (κ1) is 9.57. The lowest BCUT2D eigenvalue weighted by molar-refractivity contribution is 0.0694. The minimum atomic E-state index is -1.16. The molecule has 0 aliphatic carbocycles. The van der Waals surface area contributed by atoms with Crippen molar-refractivity contribution in [2.45, 2.75) is 26.8 Å². The van der Waals surface area contributed by atoms with Crippen molar-refractivity contribution >= 4 is 5.97 Å². The number of aromatic nitrogens is 2. The second-order valence-corrected chi connectivity index (χ2v) is 2.67. The van der Waals surface area contributed by atoms with Gasteiger partial charge < -0.3 is 5.11 Å². The summed E-state index contributed by atoms with van der Waals surface area (Å²) in [5.74, 6) is -1.16. The lowest BCUT2D eigenvalue weighted by atomic mass is 10.2. The zero-order chi connectivity index (χ0) is 10.0. The van der Waals surface area contributed by atoms with Crippen LogP contribution in [0.5, 0.6) is 0 Å². The van der Waals surface area contributed by atoms with Crippen molar-refractivity contribution in [2.24, 2.45) is 0 Å². The summed E-state index contributed by atoms with van der Waals surface area (Å²) in [4.78, 5) is 22.1. The average Bonchev–Trinajstić information content (AvgIpc) is 2.41. The number of carboxylic acids is 1. The molecule has 0 atom stereocenters. The van der Waals surface area contributed by atoms with Gasteiger partial charge in [0.15, 0.2) is 0 Å². The van der Waals surface area contributed by atoms with Crippen molar-refractivity contribution in [3.8, 4) is 0 Å². The van der Waals surface area contributed by atoms with Crippen LogP contribution in [0.4, 0.5) is 0 Å². The molecule has 1 rings (SSSR count). The topological polar surface area (TPSA) is 75.1 Å². The number of rotatable bonds is 3. The highest BCUT2D eigenvalue weighted by Gasteiger charge is 2.18. The lowest BCUT2D eigenvalue weighted by Crippen LogP contribution is -2.20. The van der Waals surface area contributed by atoms with E-state index in [2.05, 4.69) is 5.10 Å². The van der Waals surface area contributed by atoms with Crippen molar-refractivity contribution in [2.75, 3.05) is 0 Å². The zero-order valence-electron chi connectivity index (χ0n) is 7.63. The third-order valence-electron chi connectivity index (χ3n) is 1.91. The number of aromatic amines is 1. The van der Waals surface area contributed by atoms with E-state index in [1.807, 2.05) is 0 Å². The Morgan fingerprint density at radius 1 is 1.54 bits per heavy atom. The molecule has 0 aliphatic rings. The number of H-pyrrole nitrogens is 1. The van der Waals surface area contributed by atoms with E-state index in [-0.39, 0.29) is 5.56 Å². The molecule has 0 aliphatic heterocycles. The third kappa shape index (κ3) is 1.49. The van der Waals surface area contributed by atoms with E-state index in [1.54, 1.807) is 13.8 Å². The number of carbonyl (C=O) groups is 1. The highest BCUT2D eigenvalue weighted by atomic mass is 16.4. The minimum Gasteiger partial charge on any atom is -0.477 e. The second-order valence-electron chi connectivity index (χ2n) is 2.67. The SMILES string of the molecule is CCc1[nH]n(CC)c(=O)c1C(=O)O. The molecule has 1 aromatic heterocycles. The molecule has 0 saturated heterocycles. The van der Waals surface area contributed by atoms with Crippen LogP contribution in [0.1, 0.15) is 29.9 Å². The van der Waals surface area contributed by atoms with Gasteiger partial charge in [-0.3, -0.25) is 14.6 Å². The summed E-state index contributed by atoms with van der Waals surface area (Å²) >= 11 is 0. The van der Waals surface area contributed by atoms with Crippen LogP contribution in [0.25, 0.3) is 0 Å². The van der Waals surface area contributed by atoms with Gasteiger partial charge in [-0.25, -0.2) is 4.79 Å². The van der Waals surface area contributed by atoms with Crippen LogP contribution in [0.15, 0.2) is 4.79 Å². The van der Waals surface area contributed by atoms with Crippen molar-refractivity contribution < 1.29 is 9.90 Å². The van der Waals surface area contributed by atoms with E-state index in [0.29, 0.717) is 18.7 Å². The van der Waals surface area contributed by atoms with Gasteiger partial charge in [0.2, 0.25) is 0 Å². The first-order valence-electron chi connectivity index (χ1n) is 4.16. The predicted octanol–water partition coefficient (Wildman–Crippen LogP) is 0.457. The molecule has 5 heteroatoms. The summed E-state index contributed by atoms with van der Waals surface area (Å²) in [7, 11) is 0. The van der Waals surface area contributed by atoms with Crippen LogP contribution in [-0.4, -0.2) is 20.9 Å². The molecule has 0 saturated carbocycles. The van der Waals surface area contributed by atoms with Crippen LogP contribution in [-0.2, 0) is 13.0 Å². The highest BCUT2D eigenvalue weighted by molar-refractivity contribution is 5.88. The third-order valence-corrected chi connectivity index (χ3v) is 1.91. The summed E-state index contributed by atoms with van der Waals surface area (Å²) in [6.45, 7) is 4.04. The molecule has 0 radical (unpaired) electrons. The molecule has 1 aromatic rings. The van der Waals surface area contributed by atoms with Gasteiger partial charge in [0.05, 0.1) is 5.69 Å². The summed E-state index contributed by atoms with van der Waals surface area (Å²) in [6.07, 6.45) is 0.518. The highest BCUT2D eigenvalue weighted by Crippen LogP contribution is 2.01. The molecule has 0 fully saturated rings. The van der Waals surface area contributed by atoms with Gasteiger partial charge >= 0.3 is 5.97 Å². The van der Waals surface area contributed by atoms with Gasteiger partial charge in [-0.05, 0) is 13.3 Å². The lowest BCUT2D eigenvalue weighted by Gasteiger charge is -1.92. The average molecular weight is 184 g/mol. The van der Waals surface area contributed by atoms with Crippen molar-refractivity contribution in [3.05, 3.63) is 21.6 Å². The van der Waals surface area contributed by atoms with E-state index >= 15 is 0 Å². The first-order chi connectivity index (χ1) is 6.11. The Morgan fingerprint density at radius 3 is 2.46 bits per heavy atom. The monoisotopic (exact) mass is 184 g/mol. The number of hydrogen-bond acceptors (Lipinski definition) is 2. The number of nitrogens with one attached hydrogen (secondary N) is 1. The molecule has 1 heterocycles. The quantitative estimate of drug-likeness (QED) is 0.716. The van der Waals surface area contributed by atoms with Gasteiger partial charge in [0, 0.05) is 6.54 Å². The Bertz CT molecular complexity index is 375. The number of carboxylic acid groups (broad SMARTS) is 1. The van der Waals surface area contributed by atoms with Crippen LogP contribution in [0.3, 0.4) is 0 Å². The number of aryl methyl sites for hydroxylation is 2. The van der Waals surface area contributed by atoms with Crippen LogP contribution in [0, 0.1) is 0 Å². The van der Waals surface area contributed by atoms with Gasteiger partial charge in [-0.2, -0.15) is 0 Å². The van der Waals surface area contributed by atoms with Crippen LogP contribution >= 0.6 is 0 Å². The van der Waals surface area contributed by atoms with Gasteiger partial charge in [-0.15, -0.1) is 0 Å². The zero-order valence-corrected chi connectivity index (χ0v) is 7.63. The Hall–Kier alpha value is -1.52. The van der Waals surface area contributed by atoms with Crippen LogP contribution < -0.4 is 5.56 Å². The standard InChI is InChI=1S/C8H12N2O3/c1-3-5-6(8(12)13)7(11)10(4-2)9-5/h9H,3-4H2,1-2H3,(H,12,13). The van der Waals surface area contributed by atoms with Gasteiger partial charge in [0.25, 0.3) is 5.56 Å². The fourth-order valence-electron chi connectivity index (χ4n) is 1.23. The minimum absolute atomic E-state index is 0.135.